The lowest BCUT2D eigenvalue weighted by Gasteiger charge is -2.02. The molecule has 0 aromatic heterocycles. The highest BCUT2D eigenvalue weighted by Gasteiger charge is 1.90. The van der Waals surface area contributed by atoms with Crippen LogP contribution in [0.5, 0.6) is 0 Å². The maximum atomic E-state index is 5.66. The molecule has 0 fully saturated rings. The summed E-state index contributed by atoms with van der Waals surface area (Å²) in [4.78, 5) is 0. The van der Waals surface area contributed by atoms with Crippen LogP contribution < -0.4 is 11.5 Å². The third kappa shape index (κ3) is 8.68. The van der Waals surface area contributed by atoms with E-state index in [4.69, 9.17) is 16.2 Å². The zero-order chi connectivity index (χ0) is 11.5. The van der Waals surface area contributed by atoms with Crippen molar-refractivity contribution in [2.45, 2.75) is 19.8 Å². The summed E-state index contributed by atoms with van der Waals surface area (Å²) >= 11 is 0. The molecule has 15 heavy (non-hydrogen) atoms. The number of hydrogen-bond acceptors (Lipinski definition) is 3. The second-order valence-corrected chi connectivity index (χ2v) is 3.10. The largest absolute Gasteiger partial charge is 0.493 e. The van der Waals surface area contributed by atoms with E-state index >= 15 is 0 Å². The lowest BCUT2D eigenvalue weighted by Crippen LogP contribution is -2.05. The Bertz CT molecular complexity index is 265. The lowest BCUT2D eigenvalue weighted by molar-refractivity contribution is 0.274. The summed E-state index contributed by atoms with van der Waals surface area (Å²) in [7, 11) is 0. The molecule has 3 heteroatoms. The summed E-state index contributed by atoms with van der Waals surface area (Å²) in [5, 5.41) is 0. The first kappa shape index (κ1) is 13.4. The van der Waals surface area contributed by atoms with E-state index in [0.29, 0.717) is 18.0 Å². The SMILES string of the molecule is C=CCC/C(N)=C/OC/C(N)=C\C=C/C. The van der Waals surface area contributed by atoms with Crippen LogP contribution in [0.3, 0.4) is 0 Å². The van der Waals surface area contributed by atoms with Gasteiger partial charge in [-0.05, 0) is 25.8 Å². The fraction of sp³-hybridized carbons (Fsp3) is 0.333. The number of rotatable bonds is 7. The normalized spacial score (nSPS) is 13.1. The Morgan fingerprint density at radius 2 is 2.07 bits per heavy atom. The van der Waals surface area contributed by atoms with Crippen LogP contribution in [0.1, 0.15) is 19.8 Å². The highest BCUT2D eigenvalue weighted by Crippen LogP contribution is 1.99. The van der Waals surface area contributed by atoms with Crippen LogP contribution in [-0.4, -0.2) is 6.61 Å². The van der Waals surface area contributed by atoms with Gasteiger partial charge in [0.05, 0.1) is 0 Å². The molecule has 0 radical (unpaired) electrons. The van der Waals surface area contributed by atoms with Gasteiger partial charge in [0.25, 0.3) is 0 Å². The third-order valence-corrected chi connectivity index (χ3v) is 1.62. The smallest absolute Gasteiger partial charge is 0.127 e. The van der Waals surface area contributed by atoms with Crippen molar-refractivity contribution in [1.29, 1.82) is 0 Å². The summed E-state index contributed by atoms with van der Waals surface area (Å²) in [6.07, 6.45) is 10.6. The molecule has 0 spiro atoms. The van der Waals surface area contributed by atoms with E-state index in [1.165, 1.54) is 0 Å². The lowest BCUT2D eigenvalue weighted by atomic mass is 10.2. The van der Waals surface area contributed by atoms with Crippen molar-refractivity contribution < 1.29 is 4.74 Å². The quantitative estimate of drug-likeness (QED) is 0.383. The summed E-state index contributed by atoms with van der Waals surface area (Å²) in [6, 6.07) is 0. The van der Waals surface area contributed by atoms with Gasteiger partial charge in [-0.2, -0.15) is 0 Å². The second-order valence-electron chi connectivity index (χ2n) is 3.10. The number of allylic oxidation sites excluding steroid dienone is 5. The van der Waals surface area contributed by atoms with Crippen molar-refractivity contribution in [3.8, 4) is 0 Å². The molecule has 3 nitrogen and oxygen atoms in total. The maximum absolute atomic E-state index is 5.66. The van der Waals surface area contributed by atoms with Crippen molar-refractivity contribution in [3.63, 3.8) is 0 Å². The van der Waals surface area contributed by atoms with Gasteiger partial charge in [-0.3, -0.25) is 0 Å². The van der Waals surface area contributed by atoms with Gasteiger partial charge in [-0.15, -0.1) is 6.58 Å². The minimum Gasteiger partial charge on any atom is -0.493 e. The zero-order valence-electron chi connectivity index (χ0n) is 9.28. The molecule has 0 bridgehead atoms. The van der Waals surface area contributed by atoms with Crippen LogP contribution >= 0.6 is 0 Å². The monoisotopic (exact) mass is 208 g/mol. The molecule has 0 aliphatic rings. The van der Waals surface area contributed by atoms with E-state index in [1.807, 2.05) is 25.2 Å². The van der Waals surface area contributed by atoms with Crippen molar-refractivity contribution >= 4 is 0 Å². The van der Waals surface area contributed by atoms with E-state index in [9.17, 15) is 0 Å². The molecular weight excluding hydrogens is 188 g/mol. The third-order valence-electron chi connectivity index (χ3n) is 1.62. The molecule has 0 aromatic carbocycles. The Hall–Kier alpha value is -1.64. The topological polar surface area (TPSA) is 61.3 Å². The Balaban J connectivity index is 3.80. The summed E-state index contributed by atoms with van der Waals surface area (Å²) in [5.41, 5.74) is 12.7. The van der Waals surface area contributed by atoms with E-state index in [-0.39, 0.29) is 0 Å². The van der Waals surface area contributed by atoms with Gasteiger partial charge in [0.1, 0.15) is 12.9 Å². The Kier molecular flexibility index (Phi) is 7.96. The van der Waals surface area contributed by atoms with Crippen molar-refractivity contribution in [2.75, 3.05) is 6.61 Å². The molecule has 0 aromatic rings. The highest BCUT2D eigenvalue weighted by atomic mass is 16.5. The molecular formula is C12H20N2O. The van der Waals surface area contributed by atoms with Gasteiger partial charge in [-0.1, -0.05) is 18.2 Å². The molecule has 4 N–H and O–H groups in total. The molecule has 0 atom stereocenters. The van der Waals surface area contributed by atoms with Crippen LogP contribution in [-0.2, 0) is 4.74 Å². The number of hydrogen-bond donors (Lipinski definition) is 2. The standard InChI is InChI=1S/C12H20N2O/c1-3-5-7-11(13)9-15-10-12(14)8-6-4-2/h3-4,6,8-9H,1,5,7,10,13-14H2,2H3/b6-4-,11-9-,12-8+. The van der Waals surface area contributed by atoms with Gasteiger partial charge in [-0.25, -0.2) is 0 Å². The van der Waals surface area contributed by atoms with E-state index < -0.39 is 0 Å². The zero-order valence-corrected chi connectivity index (χ0v) is 9.28. The van der Waals surface area contributed by atoms with Crippen LogP contribution in [0.4, 0.5) is 0 Å². The Morgan fingerprint density at radius 1 is 1.33 bits per heavy atom. The predicted molar refractivity (Wildman–Crippen MR) is 64.7 cm³/mol. The van der Waals surface area contributed by atoms with E-state index in [2.05, 4.69) is 6.58 Å². The molecule has 0 saturated heterocycles. The van der Waals surface area contributed by atoms with E-state index in [0.717, 1.165) is 12.8 Å². The Morgan fingerprint density at radius 3 is 2.67 bits per heavy atom. The van der Waals surface area contributed by atoms with Crippen molar-refractivity contribution in [1.82, 2.24) is 0 Å². The highest BCUT2D eigenvalue weighted by molar-refractivity contribution is 5.09. The molecule has 0 rings (SSSR count). The van der Waals surface area contributed by atoms with Gasteiger partial charge in [0, 0.05) is 11.4 Å². The van der Waals surface area contributed by atoms with Crippen LogP contribution in [0.25, 0.3) is 0 Å². The van der Waals surface area contributed by atoms with Gasteiger partial charge >= 0.3 is 0 Å². The molecule has 0 aliphatic carbocycles. The number of ether oxygens (including phenoxy) is 1. The molecule has 0 saturated carbocycles. The summed E-state index contributed by atoms with van der Waals surface area (Å²) in [6.45, 7) is 5.90. The first-order valence-corrected chi connectivity index (χ1v) is 4.95. The molecule has 0 heterocycles. The minimum absolute atomic E-state index is 0.360. The average molecular weight is 208 g/mol. The van der Waals surface area contributed by atoms with Crippen LogP contribution in [0.2, 0.25) is 0 Å². The average Bonchev–Trinajstić information content (AvgIpc) is 2.23. The van der Waals surface area contributed by atoms with Gasteiger partial charge in [0.15, 0.2) is 0 Å². The molecule has 84 valence electrons. The first-order chi connectivity index (χ1) is 7.20. The van der Waals surface area contributed by atoms with Crippen LogP contribution in [0, 0.1) is 0 Å². The fourth-order valence-corrected chi connectivity index (χ4v) is 0.841. The second kappa shape index (κ2) is 8.94. The Labute approximate surface area is 91.8 Å². The minimum atomic E-state index is 0.360. The van der Waals surface area contributed by atoms with Crippen LogP contribution in [0.15, 0.2) is 48.5 Å². The van der Waals surface area contributed by atoms with Crippen molar-refractivity contribution in [3.05, 3.63) is 48.5 Å². The summed E-state index contributed by atoms with van der Waals surface area (Å²) in [5.74, 6) is 0. The molecule has 0 unspecified atom stereocenters. The van der Waals surface area contributed by atoms with Gasteiger partial charge < -0.3 is 16.2 Å². The van der Waals surface area contributed by atoms with Gasteiger partial charge in [0.2, 0.25) is 0 Å². The first-order valence-electron chi connectivity index (χ1n) is 4.95. The summed E-state index contributed by atoms with van der Waals surface area (Å²) < 4.78 is 5.20. The molecule has 0 amide bonds. The van der Waals surface area contributed by atoms with E-state index in [1.54, 1.807) is 12.3 Å². The fourth-order valence-electron chi connectivity index (χ4n) is 0.841. The van der Waals surface area contributed by atoms with Crippen molar-refractivity contribution in [2.24, 2.45) is 11.5 Å². The maximum Gasteiger partial charge on any atom is 0.127 e. The number of nitrogens with two attached hydrogens (primary N) is 2. The predicted octanol–water partition coefficient (Wildman–Crippen LogP) is 2.19. The molecule has 0 aliphatic heterocycles.